The highest BCUT2D eigenvalue weighted by atomic mass is 79.9. The van der Waals surface area contributed by atoms with E-state index in [0.717, 1.165) is 9.35 Å². The van der Waals surface area contributed by atoms with Crippen LogP contribution in [0.1, 0.15) is 15.3 Å². The Balaban J connectivity index is 1.82. The summed E-state index contributed by atoms with van der Waals surface area (Å²) in [6, 6.07) is 6.11. The molecule has 0 saturated carbocycles. The molecule has 0 bridgehead atoms. The normalized spacial score (nSPS) is 10.5. The Morgan fingerprint density at radius 3 is 2.84 bits per heavy atom. The molecule has 0 atom stereocenters. The van der Waals surface area contributed by atoms with E-state index in [0.29, 0.717) is 13.1 Å². The molecule has 0 radical (unpaired) electrons. The smallest absolute Gasteiger partial charge is 0.317 e. The van der Waals surface area contributed by atoms with Crippen molar-refractivity contribution in [2.24, 2.45) is 0 Å². The van der Waals surface area contributed by atoms with E-state index in [1.807, 2.05) is 6.07 Å². The summed E-state index contributed by atoms with van der Waals surface area (Å²) in [5.74, 6) is 0. The van der Waals surface area contributed by atoms with Gasteiger partial charge in [0.05, 0.1) is 10.3 Å². The van der Waals surface area contributed by atoms with Crippen LogP contribution in [0.2, 0.25) is 0 Å². The fourth-order valence-corrected chi connectivity index (χ4v) is 3.68. The van der Waals surface area contributed by atoms with Crippen molar-refractivity contribution in [3.05, 3.63) is 42.7 Å². The molecule has 102 valence electrons. The lowest BCUT2D eigenvalue weighted by molar-refractivity contribution is 0.206. The predicted molar refractivity (Wildman–Crippen MR) is 84.8 cm³/mol. The second-order valence-corrected chi connectivity index (χ2v) is 7.95. The third kappa shape index (κ3) is 4.33. The van der Waals surface area contributed by atoms with E-state index in [9.17, 15) is 4.79 Å². The van der Waals surface area contributed by atoms with Crippen LogP contribution < -0.4 is 5.32 Å². The van der Waals surface area contributed by atoms with Crippen molar-refractivity contribution >= 4 is 44.6 Å². The molecule has 0 aromatic carbocycles. The second kappa shape index (κ2) is 6.54. The molecule has 3 nitrogen and oxygen atoms in total. The number of nitrogens with one attached hydrogen (secondary N) is 1. The maximum atomic E-state index is 11.9. The van der Waals surface area contributed by atoms with Gasteiger partial charge in [0.1, 0.15) is 0 Å². The summed E-state index contributed by atoms with van der Waals surface area (Å²) in [5.41, 5.74) is 1.14. The van der Waals surface area contributed by atoms with Crippen LogP contribution in [0.3, 0.4) is 0 Å². The lowest BCUT2D eigenvalue weighted by atomic mass is 10.3. The molecule has 2 heterocycles. The van der Waals surface area contributed by atoms with E-state index >= 15 is 0 Å². The number of carbonyl (C=O) groups is 1. The van der Waals surface area contributed by atoms with Gasteiger partial charge in [0, 0.05) is 23.3 Å². The van der Waals surface area contributed by atoms with Crippen LogP contribution in [0.15, 0.2) is 27.4 Å². The quantitative estimate of drug-likeness (QED) is 0.871. The van der Waals surface area contributed by atoms with E-state index in [2.05, 4.69) is 45.7 Å². The molecule has 0 spiro atoms. The van der Waals surface area contributed by atoms with Crippen molar-refractivity contribution in [3.8, 4) is 0 Å². The largest absolute Gasteiger partial charge is 0.333 e. The second-order valence-electron chi connectivity index (χ2n) is 4.29. The maximum absolute atomic E-state index is 11.9. The number of aryl methyl sites for hydroxylation is 1. The van der Waals surface area contributed by atoms with Crippen molar-refractivity contribution in [2.75, 3.05) is 7.05 Å². The first-order valence-electron chi connectivity index (χ1n) is 5.82. The van der Waals surface area contributed by atoms with Crippen LogP contribution in [0.4, 0.5) is 4.79 Å². The summed E-state index contributed by atoms with van der Waals surface area (Å²) in [4.78, 5) is 16.1. The van der Waals surface area contributed by atoms with Gasteiger partial charge >= 0.3 is 6.03 Å². The molecular formula is C13H15BrN2OS2. The van der Waals surface area contributed by atoms with Crippen LogP contribution in [-0.4, -0.2) is 18.0 Å². The topological polar surface area (TPSA) is 32.3 Å². The minimum Gasteiger partial charge on any atom is -0.333 e. The monoisotopic (exact) mass is 358 g/mol. The molecule has 2 rings (SSSR count). The predicted octanol–water partition coefficient (Wildman–Crippen LogP) is 4.22. The molecule has 1 N–H and O–H groups in total. The van der Waals surface area contributed by atoms with Gasteiger partial charge in [0.15, 0.2) is 0 Å². The van der Waals surface area contributed by atoms with E-state index < -0.39 is 0 Å². The molecule has 0 aliphatic rings. The number of thiophene rings is 2. The summed E-state index contributed by atoms with van der Waals surface area (Å²) < 4.78 is 1.09. The minimum atomic E-state index is -0.0478. The van der Waals surface area contributed by atoms with Crippen molar-refractivity contribution < 1.29 is 4.79 Å². The van der Waals surface area contributed by atoms with Crippen LogP contribution in [-0.2, 0) is 13.1 Å². The van der Waals surface area contributed by atoms with Crippen molar-refractivity contribution in [1.82, 2.24) is 10.2 Å². The summed E-state index contributed by atoms with van der Waals surface area (Å²) in [5, 5.41) is 4.98. The zero-order chi connectivity index (χ0) is 13.8. The molecule has 2 aromatic heterocycles. The molecule has 0 fully saturated rings. The Bertz CT molecular complexity index is 564. The fourth-order valence-electron chi connectivity index (χ4n) is 1.65. The highest BCUT2D eigenvalue weighted by Gasteiger charge is 2.10. The average molecular weight is 359 g/mol. The fraction of sp³-hybridized carbons (Fsp3) is 0.308. The van der Waals surface area contributed by atoms with E-state index in [4.69, 9.17) is 0 Å². The lowest BCUT2D eigenvalue weighted by Gasteiger charge is -2.16. The number of hydrogen-bond donors (Lipinski definition) is 1. The number of amides is 2. The van der Waals surface area contributed by atoms with Gasteiger partial charge in [-0.1, -0.05) is 0 Å². The standard InChI is InChI=1S/C13H15BrN2OS2/c1-9-3-4-11(19-9)6-15-13(17)16(2)7-10-5-12(14)18-8-10/h3-5,8H,6-7H2,1-2H3,(H,15,17). The van der Waals surface area contributed by atoms with Crippen LogP contribution in [0, 0.1) is 6.92 Å². The van der Waals surface area contributed by atoms with Gasteiger partial charge in [-0.15, -0.1) is 22.7 Å². The molecule has 6 heteroatoms. The van der Waals surface area contributed by atoms with Gasteiger partial charge < -0.3 is 10.2 Å². The molecular weight excluding hydrogens is 344 g/mol. The Morgan fingerprint density at radius 2 is 2.26 bits per heavy atom. The van der Waals surface area contributed by atoms with Crippen molar-refractivity contribution in [1.29, 1.82) is 0 Å². The first kappa shape index (κ1) is 14.6. The third-order valence-corrected chi connectivity index (χ3v) is 5.15. The van der Waals surface area contributed by atoms with Gasteiger partial charge in [-0.25, -0.2) is 4.79 Å². The van der Waals surface area contributed by atoms with Gasteiger partial charge in [0.2, 0.25) is 0 Å². The zero-order valence-corrected chi connectivity index (χ0v) is 14.0. The Hall–Kier alpha value is -0.850. The van der Waals surface area contributed by atoms with Crippen molar-refractivity contribution in [3.63, 3.8) is 0 Å². The lowest BCUT2D eigenvalue weighted by Crippen LogP contribution is -2.36. The van der Waals surface area contributed by atoms with E-state index in [1.165, 1.54) is 9.75 Å². The van der Waals surface area contributed by atoms with Crippen LogP contribution >= 0.6 is 38.6 Å². The van der Waals surface area contributed by atoms with Gasteiger partial charge in [-0.05, 0) is 52.0 Å². The van der Waals surface area contributed by atoms with E-state index in [1.54, 1.807) is 34.6 Å². The SMILES string of the molecule is Cc1ccc(CNC(=O)N(C)Cc2csc(Br)c2)s1. The minimum absolute atomic E-state index is 0.0478. The first-order chi connectivity index (χ1) is 9.04. The number of halogens is 1. The number of nitrogens with zero attached hydrogens (tertiary/aromatic N) is 1. The molecule has 19 heavy (non-hydrogen) atoms. The number of urea groups is 1. The molecule has 0 aliphatic heterocycles. The molecule has 2 aromatic rings. The molecule has 2 amide bonds. The Labute approximate surface area is 129 Å². The van der Waals surface area contributed by atoms with Gasteiger partial charge in [-0.3, -0.25) is 0 Å². The van der Waals surface area contributed by atoms with E-state index in [-0.39, 0.29) is 6.03 Å². The number of carbonyl (C=O) groups excluding carboxylic acids is 1. The van der Waals surface area contributed by atoms with Gasteiger partial charge in [-0.2, -0.15) is 0 Å². The maximum Gasteiger partial charge on any atom is 0.317 e. The van der Waals surface area contributed by atoms with Crippen molar-refractivity contribution in [2.45, 2.75) is 20.0 Å². The summed E-state index contributed by atoms with van der Waals surface area (Å²) in [7, 11) is 1.81. The zero-order valence-electron chi connectivity index (χ0n) is 10.8. The van der Waals surface area contributed by atoms with Crippen LogP contribution in [0.25, 0.3) is 0 Å². The summed E-state index contributed by atoms with van der Waals surface area (Å²) in [6.07, 6.45) is 0. The third-order valence-electron chi connectivity index (χ3n) is 2.60. The summed E-state index contributed by atoms with van der Waals surface area (Å²) >= 11 is 6.77. The van der Waals surface area contributed by atoms with Gasteiger partial charge in [0.25, 0.3) is 0 Å². The highest BCUT2D eigenvalue weighted by molar-refractivity contribution is 9.11. The number of hydrogen-bond acceptors (Lipinski definition) is 3. The molecule has 0 saturated heterocycles. The van der Waals surface area contributed by atoms with Crippen LogP contribution in [0.5, 0.6) is 0 Å². The number of rotatable bonds is 4. The highest BCUT2D eigenvalue weighted by Crippen LogP contribution is 2.21. The Morgan fingerprint density at radius 1 is 1.47 bits per heavy atom. The first-order valence-corrected chi connectivity index (χ1v) is 8.30. The molecule has 0 aliphatic carbocycles. The Kier molecular flexibility index (Phi) is 5.01. The average Bonchev–Trinajstić information content (AvgIpc) is 2.95. The summed E-state index contributed by atoms with van der Waals surface area (Å²) in [6.45, 7) is 3.28. The molecule has 0 unspecified atom stereocenters.